The topological polar surface area (TPSA) is 48.4 Å². The molecule has 0 unspecified atom stereocenters. The van der Waals surface area contributed by atoms with Gasteiger partial charge in [0.25, 0.3) is 0 Å². The van der Waals surface area contributed by atoms with Gasteiger partial charge in [0.05, 0.1) is 11.2 Å². The van der Waals surface area contributed by atoms with Crippen molar-refractivity contribution in [2.45, 2.75) is 19.4 Å². The lowest BCUT2D eigenvalue weighted by Gasteiger charge is -2.31. The molecule has 5 heteroatoms. The number of rotatable bonds is 6. The van der Waals surface area contributed by atoms with Crippen molar-refractivity contribution in [3.63, 3.8) is 0 Å². The van der Waals surface area contributed by atoms with Gasteiger partial charge in [0, 0.05) is 43.2 Å². The monoisotopic (exact) mass is 333 g/mol. The fraction of sp³-hybridized carbons (Fsp3) is 0.500. The molecule has 0 radical (unpaired) electrons. The smallest absolute Gasteiger partial charge is 0.0706 e. The molecule has 0 saturated carbocycles. The minimum absolute atomic E-state index is 0.314. The summed E-state index contributed by atoms with van der Waals surface area (Å²) < 4.78 is 0. The zero-order chi connectivity index (χ0) is 16.1. The average Bonchev–Trinajstić information content (AvgIpc) is 2.59. The van der Waals surface area contributed by atoms with Gasteiger partial charge in [0.15, 0.2) is 0 Å². The van der Waals surface area contributed by atoms with Gasteiger partial charge in [-0.15, -0.1) is 0 Å². The molecule has 1 aliphatic heterocycles. The Labute approximate surface area is 142 Å². The number of halogens is 1. The van der Waals surface area contributed by atoms with Gasteiger partial charge in [0.1, 0.15) is 0 Å². The van der Waals surface area contributed by atoms with Crippen LogP contribution < -0.4 is 5.32 Å². The van der Waals surface area contributed by atoms with Crippen molar-refractivity contribution in [1.82, 2.24) is 15.2 Å². The summed E-state index contributed by atoms with van der Waals surface area (Å²) in [6.07, 6.45) is 2.35. The third-order valence-electron chi connectivity index (χ3n) is 4.48. The molecule has 3 rings (SSSR count). The zero-order valence-electron chi connectivity index (χ0n) is 13.3. The first-order valence-corrected chi connectivity index (χ1v) is 8.71. The molecule has 4 nitrogen and oxygen atoms in total. The second kappa shape index (κ2) is 8.06. The van der Waals surface area contributed by atoms with E-state index in [0.29, 0.717) is 12.5 Å². The van der Waals surface area contributed by atoms with Crippen LogP contribution in [0.5, 0.6) is 0 Å². The highest BCUT2D eigenvalue weighted by molar-refractivity contribution is 6.31. The summed E-state index contributed by atoms with van der Waals surface area (Å²) in [4.78, 5) is 7.10. The summed E-state index contributed by atoms with van der Waals surface area (Å²) in [7, 11) is 0. The number of hydrogen-bond acceptors (Lipinski definition) is 4. The second-order valence-electron chi connectivity index (χ2n) is 6.31. The number of pyridine rings is 1. The molecule has 0 amide bonds. The van der Waals surface area contributed by atoms with E-state index in [9.17, 15) is 5.11 Å². The number of benzene rings is 1. The lowest BCUT2D eigenvalue weighted by atomic mass is 9.99. The molecule has 23 heavy (non-hydrogen) atoms. The Hall–Kier alpha value is -1.20. The van der Waals surface area contributed by atoms with Crippen LogP contribution in [0.25, 0.3) is 10.9 Å². The molecule has 0 bridgehead atoms. The van der Waals surface area contributed by atoms with E-state index in [1.54, 1.807) is 0 Å². The Kier molecular flexibility index (Phi) is 5.84. The average molecular weight is 334 g/mol. The Balaban J connectivity index is 1.46. The summed E-state index contributed by atoms with van der Waals surface area (Å²) in [5.74, 6) is 0.456. The molecule has 0 aliphatic carbocycles. The van der Waals surface area contributed by atoms with Crippen LogP contribution in [0.15, 0.2) is 30.3 Å². The highest BCUT2D eigenvalue weighted by Gasteiger charge is 2.18. The van der Waals surface area contributed by atoms with Gasteiger partial charge in [-0.25, -0.2) is 0 Å². The highest BCUT2D eigenvalue weighted by Crippen LogP contribution is 2.18. The van der Waals surface area contributed by atoms with Gasteiger partial charge in [0.2, 0.25) is 0 Å². The van der Waals surface area contributed by atoms with Crippen LogP contribution in [0.1, 0.15) is 18.5 Å². The molecule has 1 aromatic carbocycles. The molecule has 2 aromatic rings. The largest absolute Gasteiger partial charge is 0.396 e. The summed E-state index contributed by atoms with van der Waals surface area (Å²) in [5, 5.41) is 14.6. The molecule has 2 heterocycles. The molecule has 1 atom stereocenters. The van der Waals surface area contributed by atoms with Crippen LogP contribution in [0.4, 0.5) is 0 Å². The van der Waals surface area contributed by atoms with Crippen LogP contribution in [0, 0.1) is 5.92 Å². The number of likely N-dealkylation sites (tertiary alicyclic amines) is 1. The van der Waals surface area contributed by atoms with E-state index in [-0.39, 0.29) is 0 Å². The maximum atomic E-state index is 9.27. The van der Waals surface area contributed by atoms with Crippen molar-refractivity contribution >= 4 is 22.5 Å². The van der Waals surface area contributed by atoms with Gasteiger partial charge >= 0.3 is 0 Å². The Morgan fingerprint density at radius 1 is 1.30 bits per heavy atom. The van der Waals surface area contributed by atoms with Crippen LogP contribution in [-0.4, -0.2) is 47.8 Å². The van der Waals surface area contributed by atoms with Crippen LogP contribution in [0.2, 0.25) is 5.02 Å². The summed E-state index contributed by atoms with van der Waals surface area (Å²) >= 11 is 5.99. The molecule has 1 aromatic heterocycles. The summed E-state index contributed by atoms with van der Waals surface area (Å²) in [6, 6.07) is 9.90. The summed E-state index contributed by atoms with van der Waals surface area (Å²) in [6.45, 7) is 5.23. The van der Waals surface area contributed by atoms with Crippen LogP contribution in [0.3, 0.4) is 0 Å². The SMILES string of the molecule is OC[C@H]1CCCN(CCNCc2ccc3cc(Cl)ccc3n2)C1. The minimum Gasteiger partial charge on any atom is -0.396 e. The van der Waals surface area contributed by atoms with Crippen LogP contribution in [-0.2, 0) is 6.54 Å². The molecular weight excluding hydrogens is 310 g/mol. The number of nitrogens with one attached hydrogen (secondary N) is 1. The molecule has 124 valence electrons. The van der Waals surface area contributed by atoms with Crippen molar-refractivity contribution in [3.8, 4) is 0 Å². The van der Waals surface area contributed by atoms with E-state index >= 15 is 0 Å². The third kappa shape index (κ3) is 4.64. The number of piperidine rings is 1. The lowest BCUT2D eigenvalue weighted by Crippen LogP contribution is -2.40. The van der Waals surface area contributed by atoms with Gasteiger partial charge < -0.3 is 15.3 Å². The fourth-order valence-electron chi connectivity index (χ4n) is 3.19. The predicted molar refractivity (Wildman–Crippen MR) is 94.7 cm³/mol. The second-order valence-corrected chi connectivity index (χ2v) is 6.74. The number of fused-ring (bicyclic) bond motifs is 1. The van der Waals surface area contributed by atoms with E-state index in [4.69, 9.17) is 11.6 Å². The van der Waals surface area contributed by atoms with Crippen molar-refractivity contribution < 1.29 is 5.11 Å². The van der Waals surface area contributed by atoms with Gasteiger partial charge in [-0.2, -0.15) is 0 Å². The van der Waals surface area contributed by atoms with Crippen molar-refractivity contribution in [1.29, 1.82) is 0 Å². The van der Waals surface area contributed by atoms with Crippen molar-refractivity contribution in [2.24, 2.45) is 5.92 Å². The van der Waals surface area contributed by atoms with E-state index in [1.807, 2.05) is 24.3 Å². The molecule has 1 saturated heterocycles. The number of aliphatic hydroxyl groups is 1. The van der Waals surface area contributed by atoms with Gasteiger partial charge in [-0.05, 0) is 49.6 Å². The first-order valence-electron chi connectivity index (χ1n) is 8.34. The maximum Gasteiger partial charge on any atom is 0.0706 e. The van der Waals surface area contributed by atoms with Gasteiger partial charge in [-0.3, -0.25) is 4.98 Å². The Bertz CT molecular complexity index is 649. The first-order chi connectivity index (χ1) is 11.2. The highest BCUT2D eigenvalue weighted by atomic mass is 35.5. The van der Waals surface area contributed by atoms with Crippen molar-refractivity contribution in [2.75, 3.05) is 32.8 Å². The molecule has 1 aliphatic rings. The van der Waals surface area contributed by atoms with Crippen molar-refractivity contribution in [3.05, 3.63) is 41.0 Å². The zero-order valence-corrected chi connectivity index (χ0v) is 14.1. The lowest BCUT2D eigenvalue weighted by molar-refractivity contribution is 0.121. The van der Waals surface area contributed by atoms with E-state index in [1.165, 1.54) is 6.42 Å². The third-order valence-corrected chi connectivity index (χ3v) is 4.72. The molecule has 2 N–H and O–H groups in total. The Morgan fingerprint density at radius 2 is 2.22 bits per heavy atom. The fourth-order valence-corrected chi connectivity index (χ4v) is 3.37. The molecular formula is C18H24ClN3O. The first kappa shape index (κ1) is 16.7. The number of hydrogen-bond donors (Lipinski definition) is 2. The van der Waals surface area contributed by atoms with E-state index < -0.39 is 0 Å². The van der Waals surface area contributed by atoms with E-state index in [0.717, 1.165) is 60.8 Å². The standard InChI is InChI=1S/C18H24ClN3O/c19-16-4-6-18-15(10-16)3-5-17(21-18)11-20-7-9-22-8-1-2-14(12-22)13-23/h3-6,10,14,20,23H,1-2,7-9,11-13H2/t14-/m0/s1. The number of aliphatic hydroxyl groups excluding tert-OH is 1. The molecule has 0 spiro atoms. The summed E-state index contributed by atoms with van der Waals surface area (Å²) in [5.41, 5.74) is 2.03. The van der Waals surface area contributed by atoms with Gasteiger partial charge in [-0.1, -0.05) is 17.7 Å². The van der Waals surface area contributed by atoms with E-state index in [2.05, 4.69) is 21.3 Å². The number of aromatic nitrogens is 1. The maximum absolute atomic E-state index is 9.27. The minimum atomic E-state index is 0.314. The number of nitrogens with zero attached hydrogens (tertiary/aromatic N) is 2. The molecule has 1 fully saturated rings. The predicted octanol–water partition coefficient (Wildman–Crippen LogP) is 2.68. The normalized spacial score (nSPS) is 19.3. The Morgan fingerprint density at radius 3 is 3.09 bits per heavy atom. The van der Waals surface area contributed by atoms with Crippen LogP contribution >= 0.6 is 11.6 Å². The quantitative estimate of drug-likeness (QED) is 0.798.